The molecule has 0 aromatic heterocycles. The Labute approximate surface area is 305 Å². The first-order chi connectivity index (χ1) is 25.8. The highest BCUT2D eigenvalue weighted by molar-refractivity contribution is 7.87. The molecule has 55 heavy (non-hydrogen) atoms. The molecule has 0 amide bonds. The number of halogens is 6. The van der Waals surface area contributed by atoms with Gasteiger partial charge < -0.3 is 18.6 Å². The minimum Gasteiger partial charge on any atom is -0.501 e. The number of diazo groups is 2. The molecule has 0 aliphatic rings. The molecule has 6 rings (SSSR count). The van der Waals surface area contributed by atoms with Gasteiger partial charge in [0.1, 0.15) is 21.3 Å². The van der Waals surface area contributed by atoms with Crippen LogP contribution in [-0.4, -0.2) is 39.4 Å². The summed E-state index contributed by atoms with van der Waals surface area (Å²) in [5.74, 6) is -2.52. The Morgan fingerprint density at radius 3 is 1.15 bits per heavy atom. The van der Waals surface area contributed by atoms with Crippen LogP contribution in [0.15, 0.2) is 119 Å². The normalized spacial score (nSPS) is 12.6. The smallest absolute Gasteiger partial charge is 0.426 e. The number of rotatable bonds is 8. The van der Waals surface area contributed by atoms with Crippen molar-refractivity contribution < 1.29 is 61.8 Å². The lowest BCUT2D eigenvalue weighted by Gasteiger charge is -2.38. The predicted octanol–water partition coefficient (Wildman–Crippen LogP) is 9.32. The average molecular weight is 803 g/mol. The molecule has 2 N–H and O–H groups in total. The summed E-state index contributed by atoms with van der Waals surface area (Å²) in [6.45, 7) is 0. The fourth-order valence-corrected chi connectivity index (χ4v) is 8.34. The van der Waals surface area contributed by atoms with Gasteiger partial charge >= 0.3 is 44.0 Å². The SMILES string of the molecule is N#[N+]c1ccc2c(S(=O)(=O)Oc3ccc(C(c4ccc(OS(=O)(=O)c5cccc6c(O)c([N+]#N)ccc56)cc4)(C(F)(F)F)C(F)(F)F)cc3)cccc2c1O. The van der Waals surface area contributed by atoms with Gasteiger partial charge in [0.2, 0.25) is 27.7 Å². The molecule has 0 aliphatic heterocycles. The first-order valence-electron chi connectivity index (χ1n) is 15.2. The summed E-state index contributed by atoms with van der Waals surface area (Å²) >= 11 is 0. The van der Waals surface area contributed by atoms with E-state index < -0.39 is 81.9 Å². The highest BCUT2D eigenvalue weighted by atomic mass is 32.2. The summed E-state index contributed by atoms with van der Waals surface area (Å²) in [6, 6.07) is 15.4. The van der Waals surface area contributed by atoms with Crippen molar-refractivity contribution in [1.82, 2.24) is 0 Å². The topological polar surface area (TPSA) is 183 Å². The van der Waals surface area contributed by atoms with Crippen molar-refractivity contribution in [1.29, 1.82) is 10.8 Å². The lowest BCUT2D eigenvalue weighted by molar-refractivity contribution is -0.288. The molecule has 6 aromatic carbocycles. The Balaban J connectivity index is 1.35. The van der Waals surface area contributed by atoms with E-state index in [1.165, 1.54) is 36.4 Å². The molecule has 0 saturated carbocycles. The van der Waals surface area contributed by atoms with Crippen LogP contribution >= 0.6 is 0 Å². The zero-order valence-electron chi connectivity index (χ0n) is 27.1. The highest BCUT2D eigenvalue weighted by Crippen LogP contribution is 2.56. The van der Waals surface area contributed by atoms with Crippen molar-refractivity contribution in [2.75, 3.05) is 0 Å². The average Bonchev–Trinajstić information content (AvgIpc) is 3.12. The Bertz CT molecular complexity index is 2630. The largest absolute Gasteiger partial charge is 0.501 e. The molecule has 0 radical (unpaired) electrons. The Morgan fingerprint density at radius 2 is 0.836 bits per heavy atom. The fourth-order valence-electron chi connectivity index (χ4n) is 6.05. The number of phenolic OH excluding ortho intramolecular Hbond substituents is 2. The molecule has 6 aromatic rings. The van der Waals surface area contributed by atoms with Crippen LogP contribution in [0.3, 0.4) is 0 Å². The number of benzene rings is 6. The van der Waals surface area contributed by atoms with Crippen LogP contribution in [0.4, 0.5) is 37.7 Å². The molecular formula is C35H20F6N4O8S2+2. The molecule has 0 bridgehead atoms. The summed E-state index contributed by atoms with van der Waals surface area (Å²) in [5.41, 5.74) is -8.12. The lowest BCUT2D eigenvalue weighted by Crippen LogP contribution is -2.54. The van der Waals surface area contributed by atoms with E-state index in [1.807, 2.05) is 0 Å². The van der Waals surface area contributed by atoms with E-state index in [1.54, 1.807) is 0 Å². The van der Waals surface area contributed by atoms with Crippen LogP contribution in [0.1, 0.15) is 11.1 Å². The molecule has 0 aliphatic carbocycles. The number of alkyl halides is 6. The molecule has 0 saturated heterocycles. The van der Waals surface area contributed by atoms with Crippen molar-refractivity contribution in [2.45, 2.75) is 27.6 Å². The van der Waals surface area contributed by atoms with Gasteiger partial charge in [-0.2, -0.15) is 43.2 Å². The molecule has 0 heterocycles. The van der Waals surface area contributed by atoms with Gasteiger partial charge in [0.15, 0.2) is 9.95 Å². The van der Waals surface area contributed by atoms with Crippen molar-refractivity contribution in [3.8, 4) is 23.0 Å². The first-order valence-corrected chi connectivity index (χ1v) is 18.0. The molecule has 12 nitrogen and oxygen atoms in total. The monoisotopic (exact) mass is 802 g/mol. The van der Waals surface area contributed by atoms with E-state index in [4.69, 9.17) is 19.2 Å². The van der Waals surface area contributed by atoms with Crippen molar-refractivity contribution in [3.63, 3.8) is 0 Å². The quantitative estimate of drug-likeness (QED) is 0.0854. The number of hydrogen-bond acceptors (Lipinski definition) is 10. The Morgan fingerprint density at radius 1 is 0.491 bits per heavy atom. The summed E-state index contributed by atoms with van der Waals surface area (Å²) in [7, 11) is -9.66. The van der Waals surface area contributed by atoms with Gasteiger partial charge in [-0.05, 0) is 59.7 Å². The van der Waals surface area contributed by atoms with Gasteiger partial charge in [-0.15, -0.1) is 0 Å². The van der Waals surface area contributed by atoms with Crippen LogP contribution in [0, 0.1) is 10.8 Å². The first kappa shape index (κ1) is 38.1. The third-order valence-corrected chi connectivity index (χ3v) is 11.1. The fraction of sp³-hybridized carbons (Fsp3) is 0.0857. The molecular weight excluding hydrogens is 783 g/mol. The molecule has 280 valence electrons. The molecule has 0 atom stereocenters. The molecule has 0 spiro atoms. The van der Waals surface area contributed by atoms with Crippen molar-refractivity contribution >= 4 is 53.2 Å². The standard InChI is InChI=1S/C35H18F6N4O8S2/c36-34(37,38)33(35(39,40)41,19-7-11-21(12-8-19)52-54(48,49)29-5-1-3-25-23(29)15-17-27(44-42)31(25)46)20-9-13-22(14-10-20)53-55(50,51)30-6-2-4-26-24(30)16-18-28(45-43)32(26)47/h1-18H/p+2. The summed E-state index contributed by atoms with van der Waals surface area (Å²) in [6.07, 6.45) is -12.2. The van der Waals surface area contributed by atoms with Gasteiger partial charge in [0.25, 0.3) is 0 Å². The molecule has 0 unspecified atom stereocenters. The third-order valence-electron chi connectivity index (χ3n) is 8.53. The van der Waals surface area contributed by atoms with E-state index >= 15 is 0 Å². The second-order valence-corrected chi connectivity index (χ2v) is 14.7. The van der Waals surface area contributed by atoms with Crippen LogP contribution in [0.2, 0.25) is 0 Å². The number of hydrogen-bond donors (Lipinski definition) is 2. The maximum absolute atomic E-state index is 14.8. The Hall–Kier alpha value is -6.64. The minimum atomic E-state index is -6.08. The zero-order chi connectivity index (χ0) is 40.1. The zero-order valence-corrected chi connectivity index (χ0v) is 28.7. The molecule has 0 fully saturated rings. The van der Waals surface area contributed by atoms with Crippen LogP contribution in [-0.2, 0) is 25.7 Å². The van der Waals surface area contributed by atoms with Crippen LogP contribution in [0.25, 0.3) is 31.5 Å². The van der Waals surface area contributed by atoms with Crippen molar-refractivity contribution in [2.24, 2.45) is 0 Å². The van der Waals surface area contributed by atoms with Crippen LogP contribution < -0.4 is 8.37 Å². The predicted molar refractivity (Wildman–Crippen MR) is 182 cm³/mol. The van der Waals surface area contributed by atoms with Gasteiger partial charge in [0.05, 0.1) is 0 Å². The maximum Gasteiger partial charge on any atom is 0.426 e. The van der Waals surface area contributed by atoms with Crippen LogP contribution in [0.5, 0.6) is 23.0 Å². The summed E-state index contributed by atoms with van der Waals surface area (Å²) in [4.78, 5) is 4.67. The number of aromatic hydroxyl groups is 2. The highest BCUT2D eigenvalue weighted by Gasteiger charge is 2.72. The number of fused-ring (bicyclic) bond motifs is 2. The third kappa shape index (κ3) is 6.40. The Kier molecular flexibility index (Phi) is 9.24. The van der Waals surface area contributed by atoms with Crippen molar-refractivity contribution in [3.05, 3.63) is 130 Å². The molecule has 20 heteroatoms. The van der Waals surface area contributed by atoms with Gasteiger partial charge in [-0.3, -0.25) is 0 Å². The summed E-state index contributed by atoms with van der Waals surface area (Å²) in [5, 5.41) is 38.3. The second kappa shape index (κ2) is 13.3. The number of nitrogens with zero attached hydrogens (tertiary/aromatic N) is 4. The van der Waals surface area contributed by atoms with Gasteiger partial charge in [-0.25, -0.2) is 0 Å². The van der Waals surface area contributed by atoms with E-state index in [0.29, 0.717) is 48.5 Å². The lowest BCUT2D eigenvalue weighted by atomic mass is 9.73. The number of phenols is 2. The van der Waals surface area contributed by atoms with E-state index in [-0.39, 0.29) is 32.9 Å². The van der Waals surface area contributed by atoms with Gasteiger partial charge in [-0.1, -0.05) is 48.5 Å². The van der Waals surface area contributed by atoms with E-state index in [2.05, 4.69) is 9.95 Å². The van der Waals surface area contributed by atoms with E-state index in [0.717, 1.165) is 24.3 Å². The second-order valence-electron chi connectivity index (χ2n) is 11.6. The van der Waals surface area contributed by atoms with E-state index in [9.17, 15) is 53.4 Å². The maximum atomic E-state index is 14.8. The minimum absolute atomic E-state index is 0.0766. The summed E-state index contributed by atoms with van der Waals surface area (Å²) < 4.78 is 152. The van der Waals surface area contributed by atoms with Gasteiger partial charge in [0, 0.05) is 33.7 Å².